The third-order valence-corrected chi connectivity index (χ3v) is 5.39. The highest BCUT2D eigenvalue weighted by Gasteiger charge is 2.37. The van der Waals surface area contributed by atoms with Gasteiger partial charge in [-0.05, 0) is 18.2 Å². The molecule has 8 nitrogen and oxygen atoms in total. The molecular weight excluding hydrogens is 398 g/mol. The predicted octanol–water partition coefficient (Wildman–Crippen LogP) is 3.02. The number of carbonyl (C=O) groups is 1. The van der Waals surface area contributed by atoms with Crippen molar-refractivity contribution in [2.75, 3.05) is 20.2 Å². The molecule has 0 bridgehead atoms. The number of hydrogen-bond donors (Lipinski definition) is 0. The van der Waals surface area contributed by atoms with Crippen LogP contribution in [0.1, 0.15) is 33.8 Å². The summed E-state index contributed by atoms with van der Waals surface area (Å²) in [5, 5.41) is 4.51. The van der Waals surface area contributed by atoms with Gasteiger partial charge in [0, 0.05) is 31.1 Å². The summed E-state index contributed by atoms with van der Waals surface area (Å²) in [6.07, 6.45) is 0.491. The summed E-state index contributed by atoms with van der Waals surface area (Å²) in [5.41, 5.74) is 1.13. The second kappa shape index (κ2) is 7.71. The molecule has 3 heterocycles. The van der Waals surface area contributed by atoms with E-state index in [4.69, 9.17) is 13.7 Å². The van der Waals surface area contributed by atoms with E-state index in [1.54, 1.807) is 36.3 Å². The second-order valence-corrected chi connectivity index (χ2v) is 7.42. The van der Waals surface area contributed by atoms with Crippen LogP contribution >= 0.6 is 0 Å². The zero-order valence-corrected chi connectivity index (χ0v) is 16.8. The predicted molar refractivity (Wildman–Crippen MR) is 111 cm³/mol. The average molecular weight is 417 g/mol. The number of para-hydroxylation sites is 2. The van der Waals surface area contributed by atoms with Gasteiger partial charge in [-0.25, -0.2) is 0 Å². The lowest BCUT2D eigenvalue weighted by Gasteiger charge is -2.36. The number of nitrogens with zero attached hydrogens (tertiary/aromatic N) is 3. The van der Waals surface area contributed by atoms with Gasteiger partial charge in [-0.3, -0.25) is 9.59 Å². The Morgan fingerprint density at radius 3 is 2.77 bits per heavy atom. The van der Waals surface area contributed by atoms with Crippen molar-refractivity contribution in [3.05, 3.63) is 87.9 Å². The minimum absolute atomic E-state index is 0.0320. The number of methoxy groups -OCH3 is 1. The minimum atomic E-state index is -0.326. The lowest BCUT2D eigenvalue weighted by molar-refractivity contribution is 0.0537. The maximum absolute atomic E-state index is 12.7. The molecule has 1 fully saturated rings. The number of ether oxygens (including phenoxy) is 1. The second-order valence-electron chi connectivity index (χ2n) is 7.42. The summed E-state index contributed by atoms with van der Waals surface area (Å²) < 4.78 is 16.4. The molecule has 0 N–H and O–H groups in total. The Morgan fingerprint density at radius 2 is 1.94 bits per heavy atom. The van der Waals surface area contributed by atoms with E-state index in [0.29, 0.717) is 42.2 Å². The van der Waals surface area contributed by atoms with Gasteiger partial charge in [0.05, 0.1) is 18.4 Å². The van der Waals surface area contributed by atoms with Crippen molar-refractivity contribution >= 4 is 16.9 Å². The number of fused-ring (bicyclic) bond motifs is 1. The fourth-order valence-electron chi connectivity index (χ4n) is 3.69. The number of hydrogen-bond acceptors (Lipinski definition) is 7. The topological polar surface area (TPSA) is 98.7 Å². The van der Waals surface area contributed by atoms with Crippen LogP contribution in [0.3, 0.4) is 0 Å². The molecule has 0 atom stereocenters. The van der Waals surface area contributed by atoms with Gasteiger partial charge in [-0.15, -0.1) is 0 Å². The van der Waals surface area contributed by atoms with Crippen molar-refractivity contribution in [1.29, 1.82) is 0 Å². The van der Waals surface area contributed by atoms with Crippen LogP contribution in [0.15, 0.2) is 68.3 Å². The van der Waals surface area contributed by atoms with Gasteiger partial charge in [-0.1, -0.05) is 35.5 Å². The first kappa shape index (κ1) is 19.0. The Bertz CT molecular complexity index is 1320. The molecule has 4 aromatic rings. The van der Waals surface area contributed by atoms with Crippen molar-refractivity contribution in [1.82, 2.24) is 15.0 Å². The molecule has 1 amide bonds. The largest absolute Gasteiger partial charge is 0.496 e. The number of rotatable bonds is 5. The van der Waals surface area contributed by atoms with Crippen molar-refractivity contribution in [2.45, 2.75) is 12.3 Å². The average Bonchev–Trinajstić information content (AvgIpc) is 3.21. The smallest absolute Gasteiger partial charge is 0.289 e. The normalized spacial score (nSPS) is 13.9. The molecule has 1 saturated heterocycles. The standard InChI is InChI=1S/C23H19N3O5/c1-29-18-8-4-2-6-14(18)10-21-24-22(31-25-21)15-12-26(13-15)23(28)20-11-17(27)16-7-3-5-9-19(16)30-20/h2-9,11,15H,10,12-13H2,1H3. The Hall–Kier alpha value is -3.94. The highest BCUT2D eigenvalue weighted by atomic mass is 16.5. The number of amides is 1. The molecule has 1 aliphatic heterocycles. The Morgan fingerprint density at radius 1 is 1.16 bits per heavy atom. The summed E-state index contributed by atoms with van der Waals surface area (Å²) in [5.74, 6) is 1.48. The van der Waals surface area contributed by atoms with E-state index in [1.807, 2.05) is 24.3 Å². The van der Waals surface area contributed by atoms with Gasteiger partial charge >= 0.3 is 0 Å². The van der Waals surface area contributed by atoms with Crippen LogP contribution < -0.4 is 10.2 Å². The zero-order valence-electron chi connectivity index (χ0n) is 16.8. The minimum Gasteiger partial charge on any atom is -0.496 e. The fourth-order valence-corrected chi connectivity index (χ4v) is 3.69. The van der Waals surface area contributed by atoms with Gasteiger partial charge in [0.2, 0.25) is 5.89 Å². The zero-order chi connectivity index (χ0) is 21.4. The molecule has 5 rings (SSSR count). The molecule has 1 aliphatic rings. The first-order valence-corrected chi connectivity index (χ1v) is 9.89. The van der Waals surface area contributed by atoms with E-state index >= 15 is 0 Å². The monoisotopic (exact) mass is 417 g/mol. The Kier molecular flexibility index (Phi) is 4.74. The summed E-state index contributed by atoms with van der Waals surface area (Å²) in [6, 6.07) is 15.8. The highest BCUT2D eigenvalue weighted by molar-refractivity contribution is 5.93. The van der Waals surface area contributed by atoms with E-state index < -0.39 is 0 Å². The fraction of sp³-hybridized carbons (Fsp3) is 0.217. The molecule has 2 aromatic heterocycles. The molecule has 0 unspecified atom stereocenters. The van der Waals surface area contributed by atoms with Gasteiger partial charge in [0.1, 0.15) is 11.3 Å². The van der Waals surface area contributed by atoms with Crippen molar-refractivity contribution in [3.8, 4) is 5.75 Å². The van der Waals surface area contributed by atoms with Gasteiger partial charge in [0.25, 0.3) is 5.91 Å². The van der Waals surface area contributed by atoms with Crippen LogP contribution in [0.5, 0.6) is 5.75 Å². The molecule has 156 valence electrons. The van der Waals surface area contributed by atoms with E-state index in [9.17, 15) is 9.59 Å². The lowest BCUT2D eigenvalue weighted by atomic mass is 9.99. The molecular formula is C23H19N3O5. The first-order chi connectivity index (χ1) is 15.1. The van der Waals surface area contributed by atoms with Crippen LogP contribution in [0.25, 0.3) is 11.0 Å². The van der Waals surface area contributed by atoms with E-state index in [1.165, 1.54) is 6.07 Å². The molecule has 0 saturated carbocycles. The Balaban J connectivity index is 1.26. The molecule has 2 aromatic carbocycles. The number of aromatic nitrogens is 2. The highest BCUT2D eigenvalue weighted by Crippen LogP contribution is 2.28. The van der Waals surface area contributed by atoms with Crippen molar-refractivity contribution < 1.29 is 18.5 Å². The lowest BCUT2D eigenvalue weighted by Crippen LogP contribution is -2.48. The van der Waals surface area contributed by atoms with Gasteiger partial charge in [0.15, 0.2) is 17.0 Å². The molecule has 8 heteroatoms. The molecule has 0 radical (unpaired) electrons. The number of carbonyl (C=O) groups excluding carboxylic acids is 1. The van der Waals surface area contributed by atoms with Crippen LogP contribution in [0.2, 0.25) is 0 Å². The summed E-state index contributed by atoms with van der Waals surface area (Å²) in [4.78, 5) is 31.1. The van der Waals surface area contributed by atoms with E-state index in [-0.39, 0.29) is 23.0 Å². The summed E-state index contributed by atoms with van der Waals surface area (Å²) >= 11 is 0. The van der Waals surface area contributed by atoms with Crippen molar-refractivity contribution in [3.63, 3.8) is 0 Å². The van der Waals surface area contributed by atoms with Crippen LogP contribution in [0, 0.1) is 0 Å². The first-order valence-electron chi connectivity index (χ1n) is 9.89. The molecule has 0 aliphatic carbocycles. The van der Waals surface area contributed by atoms with Crippen LogP contribution in [0.4, 0.5) is 0 Å². The third-order valence-electron chi connectivity index (χ3n) is 5.39. The number of likely N-dealkylation sites (tertiary alicyclic amines) is 1. The van der Waals surface area contributed by atoms with E-state index in [0.717, 1.165) is 11.3 Å². The van der Waals surface area contributed by atoms with Crippen molar-refractivity contribution in [2.24, 2.45) is 0 Å². The number of benzene rings is 2. The Labute approximate surface area is 177 Å². The summed E-state index contributed by atoms with van der Waals surface area (Å²) in [6.45, 7) is 0.845. The molecule has 0 spiro atoms. The van der Waals surface area contributed by atoms with Gasteiger partial charge < -0.3 is 18.6 Å². The maximum Gasteiger partial charge on any atom is 0.289 e. The van der Waals surface area contributed by atoms with Gasteiger partial charge in [-0.2, -0.15) is 4.98 Å². The van der Waals surface area contributed by atoms with Crippen LogP contribution in [-0.2, 0) is 6.42 Å². The SMILES string of the molecule is COc1ccccc1Cc1noc(C2CN(C(=O)c3cc(=O)c4ccccc4o3)C2)n1. The van der Waals surface area contributed by atoms with Crippen LogP contribution in [-0.4, -0.2) is 41.1 Å². The third kappa shape index (κ3) is 3.56. The van der Waals surface area contributed by atoms with E-state index in [2.05, 4.69) is 10.1 Å². The molecule has 31 heavy (non-hydrogen) atoms. The maximum atomic E-state index is 12.7. The summed E-state index contributed by atoms with van der Waals surface area (Å²) in [7, 11) is 1.62. The quantitative estimate of drug-likeness (QED) is 0.492.